The zero-order valence-electron chi connectivity index (χ0n) is 11.5. The van der Waals surface area contributed by atoms with Gasteiger partial charge in [-0.05, 0) is 19.9 Å². The number of nitro groups is 1. The van der Waals surface area contributed by atoms with Crippen LogP contribution < -0.4 is 5.32 Å². The third-order valence-electron chi connectivity index (χ3n) is 3.28. The van der Waals surface area contributed by atoms with Crippen LogP contribution in [0.2, 0.25) is 0 Å². The topological polar surface area (TPSA) is 73.0 Å². The minimum Gasteiger partial charge on any atom is -0.378 e. The maximum absolute atomic E-state index is 13.7. The summed E-state index contributed by atoms with van der Waals surface area (Å²) >= 11 is 0. The molecule has 20 heavy (non-hydrogen) atoms. The Morgan fingerprint density at radius 3 is 2.65 bits per heavy atom. The minimum absolute atomic E-state index is 0.234. The molecule has 0 bridgehead atoms. The normalized spacial score (nSPS) is 10.6. The molecule has 1 aromatic carbocycles. The lowest BCUT2D eigenvalue weighted by Crippen LogP contribution is -2.04. The van der Waals surface area contributed by atoms with Gasteiger partial charge in [-0.3, -0.25) is 14.8 Å². The van der Waals surface area contributed by atoms with E-state index in [9.17, 15) is 14.5 Å². The van der Waals surface area contributed by atoms with Gasteiger partial charge in [-0.25, -0.2) is 4.39 Å². The number of nitro benzene ring substituents is 1. The number of hydrogen-bond acceptors (Lipinski definition) is 4. The van der Waals surface area contributed by atoms with E-state index in [4.69, 9.17) is 0 Å². The van der Waals surface area contributed by atoms with Crippen LogP contribution in [0.3, 0.4) is 0 Å². The van der Waals surface area contributed by atoms with Crippen LogP contribution in [0.5, 0.6) is 0 Å². The van der Waals surface area contributed by atoms with Gasteiger partial charge in [0.05, 0.1) is 22.4 Å². The van der Waals surface area contributed by atoms with Crippen LogP contribution in [0.1, 0.15) is 17.0 Å². The summed E-state index contributed by atoms with van der Waals surface area (Å²) in [6, 6.07) is 3.55. The predicted molar refractivity (Wildman–Crippen MR) is 73.1 cm³/mol. The minimum atomic E-state index is -0.640. The summed E-state index contributed by atoms with van der Waals surface area (Å²) in [5.74, 6) is -0.640. The molecule has 0 saturated carbocycles. The standard InChI is InChI=1S/C13H15FN4O2/c1-8-11(9(2)17(3)16-8)7-15-13-5-4-10(18(19)20)6-12(13)14/h4-6,15H,7H2,1-3H3. The first-order valence-electron chi connectivity index (χ1n) is 6.07. The van der Waals surface area contributed by atoms with Crippen molar-refractivity contribution in [2.75, 3.05) is 5.32 Å². The molecule has 2 rings (SSSR count). The van der Waals surface area contributed by atoms with Gasteiger partial charge in [0.15, 0.2) is 5.82 Å². The summed E-state index contributed by atoms with van der Waals surface area (Å²) in [7, 11) is 1.85. The van der Waals surface area contributed by atoms with Crippen molar-refractivity contribution in [2.45, 2.75) is 20.4 Å². The molecule has 0 spiro atoms. The van der Waals surface area contributed by atoms with Crippen LogP contribution in [-0.2, 0) is 13.6 Å². The summed E-state index contributed by atoms with van der Waals surface area (Å²) in [6.45, 7) is 4.24. The van der Waals surface area contributed by atoms with Crippen molar-refractivity contribution in [2.24, 2.45) is 7.05 Å². The lowest BCUT2D eigenvalue weighted by atomic mass is 10.2. The Morgan fingerprint density at radius 2 is 2.15 bits per heavy atom. The molecule has 0 aliphatic heterocycles. The zero-order valence-corrected chi connectivity index (χ0v) is 11.5. The summed E-state index contributed by atoms with van der Waals surface area (Å²) in [5.41, 5.74) is 2.84. The van der Waals surface area contributed by atoms with Crippen LogP contribution >= 0.6 is 0 Å². The second kappa shape index (κ2) is 5.28. The highest BCUT2D eigenvalue weighted by Gasteiger charge is 2.12. The number of nitrogens with one attached hydrogen (secondary N) is 1. The molecule has 1 aromatic heterocycles. The molecule has 0 amide bonds. The smallest absolute Gasteiger partial charge is 0.272 e. The van der Waals surface area contributed by atoms with Gasteiger partial charge in [0.25, 0.3) is 5.69 Å². The van der Waals surface area contributed by atoms with Crippen molar-refractivity contribution >= 4 is 11.4 Å². The van der Waals surface area contributed by atoms with E-state index in [1.165, 1.54) is 12.1 Å². The lowest BCUT2D eigenvalue weighted by Gasteiger charge is -2.08. The fraction of sp³-hybridized carbons (Fsp3) is 0.308. The average Bonchev–Trinajstić information content (AvgIpc) is 2.62. The first-order chi connectivity index (χ1) is 9.40. The van der Waals surface area contributed by atoms with Crippen LogP contribution in [0.15, 0.2) is 18.2 Å². The van der Waals surface area contributed by atoms with E-state index in [1.807, 2.05) is 20.9 Å². The average molecular weight is 278 g/mol. The first kappa shape index (κ1) is 14.0. The number of rotatable bonds is 4. The second-order valence-electron chi connectivity index (χ2n) is 4.55. The molecular formula is C13H15FN4O2. The highest BCUT2D eigenvalue weighted by molar-refractivity contribution is 5.50. The number of aryl methyl sites for hydroxylation is 2. The molecule has 106 valence electrons. The molecule has 1 N–H and O–H groups in total. The number of nitrogens with zero attached hydrogens (tertiary/aromatic N) is 3. The van der Waals surface area contributed by atoms with Gasteiger partial charge in [-0.2, -0.15) is 5.10 Å². The summed E-state index contributed by atoms with van der Waals surface area (Å²) in [6.07, 6.45) is 0. The third kappa shape index (κ3) is 2.61. The molecule has 6 nitrogen and oxygen atoms in total. The van der Waals surface area contributed by atoms with Gasteiger partial charge in [-0.15, -0.1) is 0 Å². The monoisotopic (exact) mass is 278 g/mol. The van der Waals surface area contributed by atoms with Crippen molar-refractivity contribution in [1.82, 2.24) is 9.78 Å². The lowest BCUT2D eigenvalue weighted by molar-refractivity contribution is -0.385. The van der Waals surface area contributed by atoms with E-state index in [0.717, 1.165) is 23.0 Å². The number of anilines is 1. The van der Waals surface area contributed by atoms with Crippen molar-refractivity contribution in [3.05, 3.63) is 51.1 Å². The quantitative estimate of drug-likeness (QED) is 0.689. The molecule has 0 radical (unpaired) electrons. The molecule has 0 aliphatic carbocycles. The van der Waals surface area contributed by atoms with E-state index in [0.29, 0.717) is 6.54 Å². The van der Waals surface area contributed by atoms with Crippen LogP contribution in [-0.4, -0.2) is 14.7 Å². The van der Waals surface area contributed by atoms with Crippen molar-refractivity contribution < 1.29 is 9.31 Å². The molecule has 0 unspecified atom stereocenters. The Labute approximate surface area is 115 Å². The van der Waals surface area contributed by atoms with Crippen LogP contribution in [0.4, 0.5) is 15.8 Å². The molecular weight excluding hydrogens is 263 g/mol. The Balaban J connectivity index is 2.17. The second-order valence-corrected chi connectivity index (χ2v) is 4.55. The first-order valence-corrected chi connectivity index (χ1v) is 6.07. The highest BCUT2D eigenvalue weighted by Crippen LogP contribution is 2.22. The molecule has 0 fully saturated rings. The number of aromatic nitrogens is 2. The number of non-ortho nitro benzene ring substituents is 1. The highest BCUT2D eigenvalue weighted by atomic mass is 19.1. The zero-order chi connectivity index (χ0) is 14.9. The van der Waals surface area contributed by atoms with Crippen LogP contribution in [0.25, 0.3) is 0 Å². The summed E-state index contributed by atoms with van der Waals surface area (Å²) in [5, 5.41) is 17.8. The van der Waals surface area contributed by atoms with E-state index < -0.39 is 10.7 Å². The van der Waals surface area contributed by atoms with E-state index in [2.05, 4.69) is 10.4 Å². The molecule has 2 aromatic rings. The maximum atomic E-state index is 13.7. The van der Waals surface area contributed by atoms with Crippen molar-refractivity contribution in [3.8, 4) is 0 Å². The molecule has 0 saturated heterocycles. The van der Waals surface area contributed by atoms with Crippen molar-refractivity contribution in [3.63, 3.8) is 0 Å². The Morgan fingerprint density at radius 1 is 1.45 bits per heavy atom. The van der Waals surface area contributed by atoms with Gasteiger partial charge in [0, 0.05) is 30.9 Å². The summed E-state index contributed by atoms with van der Waals surface area (Å²) in [4.78, 5) is 9.92. The van der Waals surface area contributed by atoms with Gasteiger partial charge in [-0.1, -0.05) is 0 Å². The van der Waals surface area contributed by atoms with Gasteiger partial charge >= 0.3 is 0 Å². The summed E-state index contributed by atoms with van der Waals surface area (Å²) < 4.78 is 15.5. The fourth-order valence-corrected chi connectivity index (χ4v) is 2.02. The Hall–Kier alpha value is -2.44. The molecule has 0 aliphatic rings. The number of hydrogen-bond donors (Lipinski definition) is 1. The molecule has 7 heteroatoms. The van der Waals surface area contributed by atoms with Gasteiger partial charge in [0.1, 0.15) is 0 Å². The van der Waals surface area contributed by atoms with E-state index >= 15 is 0 Å². The van der Waals surface area contributed by atoms with Gasteiger partial charge < -0.3 is 5.32 Å². The van der Waals surface area contributed by atoms with Gasteiger partial charge in [0.2, 0.25) is 0 Å². The third-order valence-corrected chi connectivity index (χ3v) is 3.28. The van der Waals surface area contributed by atoms with Crippen LogP contribution in [0, 0.1) is 29.8 Å². The van der Waals surface area contributed by atoms with Crippen molar-refractivity contribution in [1.29, 1.82) is 0 Å². The molecule has 0 atom stereocenters. The Kier molecular flexibility index (Phi) is 3.69. The maximum Gasteiger partial charge on any atom is 0.272 e. The predicted octanol–water partition coefficient (Wildman–Crippen LogP) is 2.70. The number of halogens is 1. The van der Waals surface area contributed by atoms with E-state index in [-0.39, 0.29) is 11.4 Å². The SMILES string of the molecule is Cc1nn(C)c(C)c1CNc1ccc([N+](=O)[O-])cc1F. The Bertz CT molecular complexity index is 667. The largest absolute Gasteiger partial charge is 0.378 e. The van der Waals surface area contributed by atoms with E-state index in [1.54, 1.807) is 4.68 Å². The fourth-order valence-electron chi connectivity index (χ4n) is 2.02. The molecule has 1 heterocycles. The number of benzene rings is 1.